The molecule has 1 aliphatic carbocycles. The van der Waals surface area contributed by atoms with Crippen LogP contribution in [0.3, 0.4) is 0 Å². The van der Waals surface area contributed by atoms with Gasteiger partial charge in [-0.2, -0.15) is 0 Å². The number of benzene rings is 1. The van der Waals surface area contributed by atoms with Crippen molar-refractivity contribution in [2.75, 3.05) is 7.11 Å². The zero-order valence-electron chi connectivity index (χ0n) is 9.04. The summed E-state index contributed by atoms with van der Waals surface area (Å²) in [4.78, 5) is 0. The molecule has 1 fully saturated rings. The molecule has 4 heteroatoms. The number of ether oxygens (including phenoxy) is 1. The number of rotatable bonds is 3. The van der Waals surface area contributed by atoms with E-state index in [0.717, 1.165) is 5.56 Å². The van der Waals surface area contributed by atoms with Gasteiger partial charge in [-0.05, 0) is 17.7 Å². The van der Waals surface area contributed by atoms with Crippen LogP contribution in [0, 0.1) is 0 Å². The molecular formula is C12H14Cl2O2. The fraction of sp³-hybridized carbons (Fsp3) is 0.500. The molecule has 0 amide bonds. The summed E-state index contributed by atoms with van der Waals surface area (Å²) in [6, 6.07) is 5.36. The van der Waals surface area contributed by atoms with E-state index < -0.39 is 5.60 Å². The Kier molecular flexibility index (Phi) is 3.45. The van der Waals surface area contributed by atoms with Crippen LogP contribution in [0.5, 0.6) is 0 Å². The molecule has 0 bridgehead atoms. The van der Waals surface area contributed by atoms with E-state index >= 15 is 0 Å². The zero-order valence-corrected chi connectivity index (χ0v) is 10.6. The van der Waals surface area contributed by atoms with Gasteiger partial charge in [0.2, 0.25) is 0 Å². The van der Waals surface area contributed by atoms with Gasteiger partial charge in [-0.25, -0.2) is 0 Å². The lowest BCUT2D eigenvalue weighted by atomic mass is 9.74. The van der Waals surface area contributed by atoms with Crippen molar-refractivity contribution in [1.82, 2.24) is 0 Å². The topological polar surface area (TPSA) is 29.5 Å². The highest BCUT2D eigenvalue weighted by Gasteiger charge is 2.43. The van der Waals surface area contributed by atoms with Gasteiger partial charge < -0.3 is 9.84 Å². The summed E-state index contributed by atoms with van der Waals surface area (Å²) in [6.45, 7) is 0. The van der Waals surface area contributed by atoms with Crippen LogP contribution in [-0.2, 0) is 11.2 Å². The quantitative estimate of drug-likeness (QED) is 0.906. The van der Waals surface area contributed by atoms with E-state index in [1.807, 2.05) is 6.07 Å². The van der Waals surface area contributed by atoms with E-state index in [2.05, 4.69) is 0 Å². The molecule has 2 nitrogen and oxygen atoms in total. The second-order valence-corrected chi connectivity index (χ2v) is 5.25. The van der Waals surface area contributed by atoms with Crippen molar-refractivity contribution in [3.8, 4) is 0 Å². The first-order valence-corrected chi connectivity index (χ1v) is 5.97. The van der Waals surface area contributed by atoms with Crippen LogP contribution in [0.1, 0.15) is 18.4 Å². The van der Waals surface area contributed by atoms with Gasteiger partial charge >= 0.3 is 0 Å². The van der Waals surface area contributed by atoms with Gasteiger partial charge in [0, 0.05) is 36.4 Å². The van der Waals surface area contributed by atoms with Crippen molar-refractivity contribution in [3.63, 3.8) is 0 Å². The van der Waals surface area contributed by atoms with Gasteiger partial charge in [0.1, 0.15) is 0 Å². The van der Waals surface area contributed by atoms with Crippen molar-refractivity contribution in [2.45, 2.75) is 31.0 Å². The molecule has 1 saturated carbocycles. The van der Waals surface area contributed by atoms with E-state index in [1.165, 1.54) is 0 Å². The molecule has 0 unspecified atom stereocenters. The zero-order chi connectivity index (χ0) is 11.8. The van der Waals surface area contributed by atoms with Gasteiger partial charge in [0.05, 0.1) is 11.7 Å². The normalized spacial score (nSPS) is 28.9. The Morgan fingerprint density at radius 3 is 2.69 bits per heavy atom. The van der Waals surface area contributed by atoms with Crippen molar-refractivity contribution in [3.05, 3.63) is 33.8 Å². The number of methoxy groups -OCH3 is 1. The third-order valence-electron chi connectivity index (χ3n) is 3.08. The number of hydrogen-bond acceptors (Lipinski definition) is 2. The molecule has 88 valence electrons. The SMILES string of the molecule is COC1CC(O)(Cc2ccc(Cl)cc2Cl)C1. The molecule has 2 rings (SSSR count). The largest absolute Gasteiger partial charge is 0.389 e. The fourth-order valence-corrected chi connectivity index (χ4v) is 2.59. The monoisotopic (exact) mass is 260 g/mol. The predicted octanol–water partition coefficient (Wildman–Crippen LogP) is 3.08. The minimum Gasteiger partial charge on any atom is -0.389 e. The second kappa shape index (κ2) is 4.53. The van der Waals surface area contributed by atoms with Crippen LogP contribution in [0.4, 0.5) is 0 Å². The molecule has 0 heterocycles. The highest BCUT2D eigenvalue weighted by molar-refractivity contribution is 6.35. The fourth-order valence-electron chi connectivity index (χ4n) is 2.12. The van der Waals surface area contributed by atoms with Crippen molar-refractivity contribution < 1.29 is 9.84 Å². The highest BCUT2D eigenvalue weighted by atomic mass is 35.5. The molecule has 0 spiro atoms. The van der Waals surface area contributed by atoms with E-state index in [0.29, 0.717) is 29.3 Å². The molecule has 0 atom stereocenters. The second-order valence-electron chi connectivity index (χ2n) is 4.40. The number of halogens is 2. The Balaban J connectivity index is 2.05. The lowest BCUT2D eigenvalue weighted by molar-refractivity contribution is -0.126. The molecule has 1 N–H and O–H groups in total. The van der Waals surface area contributed by atoms with E-state index in [1.54, 1.807) is 19.2 Å². The van der Waals surface area contributed by atoms with E-state index in [4.69, 9.17) is 27.9 Å². The van der Waals surface area contributed by atoms with Crippen LogP contribution < -0.4 is 0 Å². The maximum atomic E-state index is 10.2. The van der Waals surface area contributed by atoms with Crippen LogP contribution >= 0.6 is 23.2 Å². The average molecular weight is 261 g/mol. The lowest BCUT2D eigenvalue weighted by Crippen LogP contribution is -2.49. The minimum absolute atomic E-state index is 0.177. The first-order valence-electron chi connectivity index (χ1n) is 5.21. The molecule has 0 aromatic heterocycles. The molecule has 16 heavy (non-hydrogen) atoms. The summed E-state index contributed by atoms with van der Waals surface area (Å²) in [5, 5.41) is 11.4. The van der Waals surface area contributed by atoms with Gasteiger partial charge in [-0.1, -0.05) is 29.3 Å². The first-order chi connectivity index (χ1) is 7.52. The molecular weight excluding hydrogens is 247 g/mol. The van der Waals surface area contributed by atoms with Crippen molar-refractivity contribution in [1.29, 1.82) is 0 Å². The summed E-state index contributed by atoms with van der Waals surface area (Å²) < 4.78 is 5.15. The molecule has 0 aliphatic heterocycles. The van der Waals surface area contributed by atoms with Crippen LogP contribution in [-0.4, -0.2) is 23.9 Å². The number of hydrogen-bond donors (Lipinski definition) is 1. The van der Waals surface area contributed by atoms with Gasteiger partial charge in [-0.3, -0.25) is 0 Å². The average Bonchev–Trinajstić information content (AvgIpc) is 2.18. The van der Waals surface area contributed by atoms with Crippen LogP contribution in [0.25, 0.3) is 0 Å². The molecule has 0 saturated heterocycles. The summed E-state index contributed by atoms with van der Waals surface area (Å²) in [5.41, 5.74) is 0.265. The first kappa shape index (κ1) is 12.2. The Labute approximate surface area is 105 Å². The maximum absolute atomic E-state index is 10.2. The van der Waals surface area contributed by atoms with E-state index in [-0.39, 0.29) is 6.10 Å². The Hall–Kier alpha value is -0.280. The van der Waals surface area contributed by atoms with Crippen molar-refractivity contribution >= 4 is 23.2 Å². The summed E-state index contributed by atoms with van der Waals surface area (Å²) in [6.07, 6.45) is 2.07. The molecule has 0 radical (unpaired) electrons. The molecule has 1 aromatic carbocycles. The Morgan fingerprint density at radius 2 is 2.12 bits per heavy atom. The highest BCUT2D eigenvalue weighted by Crippen LogP contribution is 2.38. The van der Waals surface area contributed by atoms with Crippen LogP contribution in [0.2, 0.25) is 10.0 Å². The smallest absolute Gasteiger partial charge is 0.0737 e. The predicted molar refractivity (Wildman–Crippen MR) is 65.1 cm³/mol. The van der Waals surface area contributed by atoms with Gasteiger partial charge in [0.25, 0.3) is 0 Å². The van der Waals surface area contributed by atoms with Crippen LogP contribution in [0.15, 0.2) is 18.2 Å². The van der Waals surface area contributed by atoms with E-state index in [9.17, 15) is 5.11 Å². The molecule has 1 aromatic rings. The third-order valence-corrected chi connectivity index (χ3v) is 3.67. The summed E-state index contributed by atoms with van der Waals surface area (Å²) in [5.74, 6) is 0. The Morgan fingerprint density at radius 1 is 1.44 bits per heavy atom. The Bertz CT molecular complexity index is 387. The standard InChI is InChI=1S/C12H14Cl2O2/c1-16-10-6-12(15,7-10)5-8-2-3-9(13)4-11(8)14/h2-4,10,15H,5-7H2,1H3. The lowest BCUT2D eigenvalue weighted by Gasteiger charge is -2.43. The minimum atomic E-state index is -0.669. The third kappa shape index (κ3) is 2.51. The van der Waals surface area contributed by atoms with Crippen molar-refractivity contribution in [2.24, 2.45) is 0 Å². The number of aliphatic hydroxyl groups is 1. The maximum Gasteiger partial charge on any atom is 0.0737 e. The van der Waals surface area contributed by atoms with Gasteiger partial charge in [0.15, 0.2) is 0 Å². The van der Waals surface area contributed by atoms with Gasteiger partial charge in [-0.15, -0.1) is 0 Å². The molecule has 1 aliphatic rings. The summed E-state index contributed by atoms with van der Waals surface area (Å²) >= 11 is 11.9. The summed E-state index contributed by atoms with van der Waals surface area (Å²) in [7, 11) is 1.67.